The predicted molar refractivity (Wildman–Crippen MR) is 88.5 cm³/mol. The number of rotatable bonds is 15. The molecule has 0 aliphatic carbocycles. The molecule has 1 atom stereocenters. The Bertz CT molecular complexity index is 261. The Hall–Kier alpha value is -0.830. The topological polar surface area (TPSA) is 57.5 Å². The maximum atomic E-state index is 10.3. The van der Waals surface area contributed by atoms with E-state index in [1.807, 2.05) is 0 Å². The summed E-state index contributed by atoms with van der Waals surface area (Å²) in [5, 5.41) is 18.3. The van der Waals surface area contributed by atoms with Gasteiger partial charge in [0.25, 0.3) is 0 Å². The summed E-state index contributed by atoms with van der Waals surface area (Å²) in [6.45, 7) is 2.22. The SMILES string of the molecule is CCCCCC/C=C/CC(O)CCCCCCCC(=O)O. The molecule has 0 aromatic heterocycles. The van der Waals surface area contributed by atoms with Crippen molar-refractivity contribution in [1.82, 2.24) is 0 Å². The molecule has 2 N–H and O–H groups in total. The van der Waals surface area contributed by atoms with Crippen LogP contribution in [0.25, 0.3) is 0 Å². The first-order valence-corrected chi connectivity index (χ1v) is 8.71. The van der Waals surface area contributed by atoms with Crippen LogP contribution in [0.5, 0.6) is 0 Å². The molecule has 0 bridgehead atoms. The highest BCUT2D eigenvalue weighted by Crippen LogP contribution is 2.11. The minimum Gasteiger partial charge on any atom is -0.481 e. The Morgan fingerprint density at radius 2 is 1.62 bits per heavy atom. The molecule has 1 unspecified atom stereocenters. The molecule has 21 heavy (non-hydrogen) atoms. The van der Waals surface area contributed by atoms with Gasteiger partial charge in [0.2, 0.25) is 0 Å². The third kappa shape index (κ3) is 17.1. The van der Waals surface area contributed by atoms with Crippen LogP contribution in [0, 0.1) is 0 Å². The van der Waals surface area contributed by atoms with Gasteiger partial charge in [-0.05, 0) is 32.1 Å². The van der Waals surface area contributed by atoms with Gasteiger partial charge in [0.1, 0.15) is 0 Å². The van der Waals surface area contributed by atoms with E-state index in [2.05, 4.69) is 19.1 Å². The lowest BCUT2D eigenvalue weighted by atomic mass is 10.0. The van der Waals surface area contributed by atoms with Gasteiger partial charge in [-0.15, -0.1) is 0 Å². The van der Waals surface area contributed by atoms with Crippen LogP contribution in [-0.2, 0) is 4.79 Å². The highest BCUT2D eigenvalue weighted by molar-refractivity contribution is 5.66. The molecule has 0 rings (SSSR count). The van der Waals surface area contributed by atoms with Crippen LogP contribution in [0.1, 0.15) is 90.4 Å². The lowest BCUT2D eigenvalue weighted by Crippen LogP contribution is -2.04. The van der Waals surface area contributed by atoms with Crippen molar-refractivity contribution in [3.8, 4) is 0 Å². The van der Waals surface area contributed by atoms with E-state index in [-0.39, 0.29) is 12.5 Å². The number of carbonyl (C=O) groups is 1. The summed E-state index contributed by atoms with van der Waals surface area (Å²) in [6, 6.07) is 0. The molecule has 0 aliphatic rings. The first kappa shape index (κ1) is 20.2. The summed E-state index contributed by atoms with van der Waals surface area (Å²) in [6.07, 6.45) is 17.3. The van der Waals surface area contributed by atoms with Crippen molar-refractivity contribution in [3.05, 3.63) is 12.2 Å². The number of aliphatic carboxylic acids is 1. The number of allylic oxidation sites excluding steroid dienone is 1. The second-order valence-corrected chi connectivity index (χ2v) is 5.91. The molecule has 0 aliphatic heterocycles. The van der Waals surface area contributed by atoms with Crippen molar-refractivity contribution in [2.24, 2.45) is 0 Å². The van der Waals surface area contributed by atoms with Crippen molar-refractivity contribution >= 4 is 5.97 Å². The van der Waals surface area contributed by atoms with Gasteiger partial charge in [0.05, 0.1) is 6.10 Å². The van der Waals surface area contributed by atoms with Gasteiger partial charge in [0.15, 0.2) is 0 Å². The van der Waals surface area contributed by atoms with E-state index in [0.29, 0.717) is 0 Å². The molecule has 0 heterocycles. The number of hydrogen-bond donors (Lipinski definition) is 2. The van der Waals surface area contributed by atoms with Crippen LogP contribution in [-0.4, -0.2) is 22.3 Å². The Morgan fingerprint density at radius 3 is 2.33 bits per heavy atom. The third-order valence-corrected chi connectivity index (χ3v) is 3.73. The zero-order chi connectivity index (χ0) is 15.8. The number of aliphatic hydroxyl groups is 1. The maximum Gasteiger partial charge on any atom is 0.303 e. The van der Waals surface area contributed by atoms with Crippen LogP contribution < -0.4 is 0 Å². The van der Waals surface area contributed by atoms with E-state index in [0.717, 1.165) is 51.4 Å². The quantitative estimate of drug-likeness (QED) is 0.327. The van der Waals surface area contributed by atoms with E-state index in [4.69, 9.17) is 5.11 Å². The third-order valence-electron chi connectivity index (χ3n) is 3.73. The second kappa shape index (κ2) is 15.6. The smallest absolute Gasteiger partial charge is 0.303 e. The minimum atomic E-state index is -0.702. The normalized spacial score (nSPS) is 12.9. The summed E-state index contributed by atoms with van der Waals surface area (Å²) in [5.41, 5.74) is 0. The fourth-order valence-electron chi connectivity index (χ4n) is 2.36. The molecule has 0 fully saturated rings. The van der Waals surface area contributed by atoms with Gasteiger partial charge >= 0.3 is 5.97 Å². The van der Waals surface area contributed by atoms with Crippen LogP contribution in [0.3, 0.4) is 0 Å². The summed E-state index contributed by atoms with van der Waals surface area (Å²) in [5.74, 6) is -0.702. The monoisotopic (exact) mass is 298 g/mol. The molecule has 0 spiro atoms. The summed E-state index contributed by atoms with van der Waals surface area (Å²) in [7, 11) is 0. The Balaban J connectivity index is 3.28. The average molecular weight is 298 g/mol. The van der Waals surface area contributed by atoms with Gasteiger partial charge in [-0.2, -0.15) is 0 Å². The number of unbranched alkanes of at least 4 members (excludes halogenated alkanes) is 8. The number of aliphatic hydroxyl groups excluding tert-OH is 1. The van der Waals surface area contributed by atoms with E-state index in [9.17, 15) is 9.90 Å². The van der Waals surface area contributed by atoms with Crippen LogP contribution in [0.4, 0.5) is 0 Å². The Labute approximate surface area is 130 Å². The van der Waals surface area contributed by atoms with Crippen molar-refractivity contribution < 1.29 is 15.0 Å². The Kier molecular flexibility index (Phi) is 14.9. The predicted octanol–water partition coefficient (Wildman–Crippen LogP) is 5.08. The first-order valence-electron chi connectivity index (χ1n) is 8.71. The molecule has 0 amide bonds. The van der Waals surface area contributed by atoms with Crippen molar-refractivity contribution in [2.45, 2.75) is 96.5 Å². The van der Waals surface area contributed by atoms with Crippen LogP contribution >= 0.6 is 0 Å². The molecule has 0 radical (unpaired) electrons. The van der Waals surface area contributed by atoms with E-state index < -0.39 is 5.97 Å². The van der Waals surface area contributed by atoms with Crippen molar-refractivity contribution in [2.75, 3.05) is 0 Å². The molecular weight excluding hydrogens is 264 g/mol. The van der Waals surface area contributed by atoms with Gasteiger partial charge in [-0.25, -0.2) is 0 Å². The molecular formula is C18H34O3. The Morgan fingerprint density at radius 1 is 0.952 bits per heavy atom. The average Bonchev–Trinajstić information content (AvgIpc) is 2.45. The minimum absolute atomic E-state index is 0.212. The summed E-state index contributed by atoms with van der Waals surface area (Å²) >= 11 is 0. The van der Waals surface area contributed by atoms with Gasteiger partial charge in [-0.3, -0.25) is 4.79 Å². The largest absolute Gasteiger partial charge is 0.481 e. The first-order chi connectivity index (χ1) is 10.2. The highest BCUT2D eigenvalue weighted by atomic mass is 16.4. The van der Waals surface area contributed by atoms with E-state index in [1.54, 1.807) is 0 Å². The number of carboxylic acid groups (broad SMARTS) is 1. The van der Waals surface area contributed by atoms with Gasteiger partial charge in [-0.1, -0.05) is 64.0 Å². The second-order valence-electron chi connectivity index (χ2n) is 5.91. The van der Waals surface area contributed by atoms with E-state index >= 15 is 0 Å². The zero-order valence-corrected chi connectivity index (χ0v) is 13.7. The molecule has 3 nitrogen and oxygen atoms in total. The van der Waals surface area contributed by atoms with Crippen LogP contribution in [0.2, 0.25) is 0 Å². The van der Waals surface area contributed by atoms with Crippen LogP contribution in [0.15, 0.2) is 12.2 Å². The van der Waals surface area contributed by atoms with Gasteiger partial charge < -0.3 is 10.2 Å². The molecule has 0 aromatic rings. The lowest BCUT2D eigenvalue weighted by Gasteiger charge is -2.07. The van der Waals surface area contributed by atoms with Crippen molar-refractivity contribution in [3.63, 3.8) is 0 Å². The fraction of sp³-hybridized carbons (Fsp3) is 0.833. The maximum absolute atomic E-state index is 10.3. The number of hydrogen-bond acceptors (Lipinski definition) is 2. The zero-order valence-electron chi connectivity index (χ0n) is 13.7. The number of carboxylic acids is 1. The molecule has 124 valence electrons. The van der Waals surface area contributed by atoms with Gasteiger partial charge in [0, 0.05) is 6.42 Å². The fourth-order valence-corrected chi connectivity index (χ4v) is 2.36. The lowest BCUT2D eigenvalue weighted by molar-refractivity contribution is -0.137. The molecule has 0 saturated carbocycles. The van der Waals surface area contributed by atoms with Crippen molar-refractivity contribution in [1.29, 1.82) is 0 Å². The highest BCUT2D eigenvalue weighted by Gasteiger charge is 2.01. The molecule has 3 heteroatoms. The standard InChI is InChI=1S/C18H34O3/c1-2-3-4-5-6-8-11-14-17(19)15-12-9-7-10-13-16-18(20)21/h8,11,17,19H,2-7,9-10,12-16H2,1H3,(H,20,21)/b11-8+. The summed E-state index contributed by atoms with van der Waals surface area (Å²) in [4.78, 5) is 10.3. The summed E-state index contributed by atoms with van der Waals surface area (Å²) < 4.78 is 0. The molecule has 0 aromatic carbocycles. The van der Waals surface area contributed by atoms with E-state index in [1.165, 1.54) is 25.7 Å². The molecule has 0 saturated heterocycles.